The maximum absolute atomic E-state index is 11.6. The molecule has 1 aromatic heterocycles. The Labute approximate surface area is 95.1 Å². The first-order valence-electron chi connectivity index (χ1n) is 5.28. The predicted molar refractivity (Wildman–Crippen MR) is 62.5 cm³/mol. The normalized spacial score (nSPS) is 10.9. The van der Waals surface area contributed by atoms with Gasteiger partial charge in [0.25, 0.3) is 0 Å². The molecule has 1 aromatic rings. The highest BCUT2D eigenvalue weighted by Crippen LogP contribution is 2.07. The van der Waals surface area contributed by atoms with Gasteiger partial charge in [0.2, 0.25) is 0 Å². The van der Waals surface area contributed by atoms with Crippen molar-refractivity contribution in [2.24, 2.45) is 0 Å². The average molecular weight is 229 g/mol. The molecule has 0 N–H and O–H groups in total. The van der Waals surface area contributed by atoms with Gasteiger partial charge in [-0.3, -0.25) is 4.57 Å². The number of unbranched alkanes of at least 4 members (excludes halogenated alkanes) is 1. The molecule has 3 nitrogen and oxygen atoms in total. The quantitative estimate of drug-likeness (QED) is 0.573. The second kappa shape index (κ2) is 5.91. The zero-order valence-corrected chi connectivity index (χ0v) is 10.00. The third kappa shape index (κ3) is 3.67. The fraction of sp³-hybridized carbons (Fsp3) is 0.636. The van der Waals surface area contributed by atoms with Crippen LogP contribution in [0, 0.1) is 0 Å². The van der Waals surface area contributed by atoms with Crippen LogP contribution in [0.1, 0.15) is 38.3 Å². The van der Waals surface area contributed by atoms with E-state index in [-0.39, 0.29) is 5.69 Å². The molecule has 1 rings (SSSR count). The molecule has 0 aromatic carbocycles. The summed E-state index contributed by atoms with van der Waals surface area (Å²) in [6.45, 7) is 4.76. The maximum atomic E-state index is 11.6. The van der Waals surface area contributed by atoms with Gasteiger partial charge in [-0.15, -0.1) is 11.6 Å². The van der Waals surface area contributed by atoms with Crippen molar-refractivity contribution in [1.29, 1.82) is 0 Å². The molecule has 0 atom stereocenters. The fourth-order valence-corrected chi connectivity index (χ4v) is 1.50. The van der Waals surface area contributed by atoms with E-state index in [1.165, 1.54) is 0 Å². The van der Waals surface area contributed by atoms with E-state index in [9.17, 15) is 4.79 Å². The Hall–Kier alpha value is -0.830. The van der Waals surface area contributed by atoms with Crippen LogP contribution >= 0.6 is 11.6 Å². The topological polar surface area (TPSA) is 34.9 Å². The number of halogens is 1. The Balaban J connectivity index is 2.71. The van der Waals surface area contributed by atoms with E-state index in [0.29, 0.717) is 18.3 Å². The summed E-state index contributed by atoms with van der Waals surface area (Å²) in [5.41, 5.74) is 0.698. The molecule has 0 radical (unpaired) electrons. The first kappa shape index (κ1) is 12.2. The van der Waals surface area contributed by atoms with E-state index in [1.54, 1.807) is 4.57 Å². The van der Waals surface area contributed by atoms with Crippen molar-refractivity contribution in [2.45, 2.75) is 39.2 Å². The number of hydrogen-bond acceptors (Lipinski definition) is 2. The second-order valence-electron chi connectivity index (χ2n) is 3.88. The molecule has 0 spiro atoms. The van der Waals surface area contributed by atoms with Gasteiger partial charge in [0.1, 0.15) is 0 Å². The zero-order chi connectivity index (χ0) is 11.3. The molecule has 0 amide bonds. The van der Waals surface area contributed by atoms with Crippen molar-refractivity contribution >= 4 is 11.6 Å². The average Bonchev–Trinajstić information content (AvgIpc) is 2.20. The Bertz CT molecular complexity index is 360. The monoisotopic (exact) mass is 228 g/mol. The summed E-state index contributed by atoms with van der Waals surface area (Å²) in [5, 5.41) is 0. The third-order valence-electron chi connectivity index (χ3n) is 2.27. The lowest BCUT2D eigenvalue weighted by atomic mass is 10.1. The first-order valence-corrected chi connectivity index (χ1v) is 5.82. The van der Waals surface area contributed by atoms with E-state index < -0.39 is 0 Å². The minimum absolute atomic E-state index is 0.157. The van der Waals surface area contributed by atoms with Crippen molar-refractivity contribution in [3.05, 3.63) is 28.4 Å². The second-order valence-corrected chi connectivity index (χ2v) is 4.26. The number of alkyl halides is 1. The Kier molecular flexibility index (Phi) is 4.82. The smallest absolute Gasteiger partial charge is 0.299 e. The van der Waals surface area contributed by atoms with Crippen LogP contribution < -0.4 is 5.69 Å². The molecule has 84 valence electrons. The number of nitrogens with zero attached hydrogens (tertiary/aromatic N) is 2. The van der Waals surface area contributed by atoms with E-state index in [4.69, 9.17) is 11.6 Å². The lowest BCUT2D eigenvalue weighted by Gasteiger charge is -2.07. The van der Waals surface area contributed by atoms with Gasteiger partial charge in [-0.05, 0) is 24.8 Å². The summed E-state index contributed by atoms with van der Waals surface area (Å²) in [6.07, 6.45) is 3.67. The zero-order valence-electron chi connectivity index (χ0n) is 9.24. The summed E-state index contributed by atoms with van der Waals surface area (Å²) < 4.78 is 1.64. The molecule has 0 saturated heterocycles. The van der Waals surface area contributed by atoms with Gasteiger partial charge in [0.05, 0.1) is 5.69 Å². The van der Waals surface area contributed by atoms with E-state index in [0.717, 1.165) is 18.5 Å². The molecule has 0 aliphatic carbocycles. The molecule has 0 fully saturated rings. The number of aryl methyl sites for hydroxylation is 1. The van der Waals surface area contributed by atoms with E-state index >= 15 is 0 Å². The van der Waals surface area contributed by atoms with Gasteiger partial charge < -0.3 is 0 Å². The van der Waals surface area contributed by atoms with Crippen LogP contribution in [-0.2, 0) is 6.54 Å². The Morgan fingerprint density at radius 3 is 2.73 bits per heavy atom. The minimum Gasteiger partial charge on any atom is -0.299 e. The molecular weight excluding hydrogens is 212 g/mol. The largest absolute Gasteiger partial charge is 0.347 e. The standard InChI is InChI=1S/C11H17ClN2O/c1-9(2)10-5-8-14(11(15)13-10)7-4-3-6-12/h5,8-9H,3-4,6-7H2,1-2H3. The van der Waals surface area contributed by atoms with Crippen LogP contribution in [0.3, 0.4) is 0 Å². The highest BCUT2D eigenvalue weighted by atomic mass is 35.5. The number of hydrogen-bond donors (Lipinski definition) is 0. The third-order valence-corrected chi connectivity index (χ3v) is 2.54. The van der Waals surface area contributed by atoms with Crippen molar-refractivity contribution in [2.75, 3.05) is 5.88 Å². The van der Waals surface area contributed by atoms with Crippen molar-refractivity contribution in [1.82, 2.24) is 9.55 Å². The summed E-state index contributed by atoms with van der Waals surface area (Å²) in [5.74, 6) is 0.946. The molecule has 0 bridgehead atoms. The molecule has 0 unspecified atom stereocenters. The molecule has 0 aliphatic rings. The summed E-state index contributed by atoms with van der Waals surface area (Å²) in [7, 11) is 0. The minimum atomic E-state index is -0.157. The van der Waals surface area contributed by atoms with Crippen LogP contribution in [0.2, 0.25) is 0 Å². The SMILES string of the molecule is CC(C)c1ccn(CCCCCl)c(=O)n1. The van der Waals surface area contributed by atoms with Crippen LogP contribution in [0.4, 0.5) is 0 Å². The van der Waals surface area contributed by atoms with Crippen LogP contribution in [0.25, 0.3) is 0 Å². The first-order chi connectivity index (χ1) is 7.15. The lowest BCUT2D eigenvalue weighted by Crippen LogP contribution is -2.23. The number of aromatic nitrogens is 2. The van der Waals surface area contributed by atoms with Gasteiger partial charge >= 0.3 is 5.69 Å². The predicted octanol–water partition coefficient (Wildman–Crippen LogP) is 2.39. The molecule has 1 heterocycles. The molecule has 0 saturated carbocycles. The molecule has 4 heteroatoms. The highest BCUT2D eigenvalue weighted by molar-refractivity contribution is 6.17. The van der Waals surface area contributed by atoms with Crippen LogP contribution in [0.15, 0.2) is 17.1 Å². The molecule has 0 aliphatic heterocycles. The molecular formula is C11H17ClN2O. The van der Waals surface area contributed by atoms with Crippen molar-refractivity contribution in [3.63, 3.8) is 0 Å². The summed E-state index contributed by atoms with van der Waals surface area (Å²) >= 11 is 5.57. The van der Waals surface area contributed by atoms with Gasteiger partial charge in [-0.2, -0.15) is 4.98 Å². The number of rotatable bonds is 5. The van der Waals surface area contributed by atoms with Gasteiger partial charge in [-0.25, -0.2) is 4.79 Å². The van der Waals surface area contributed by atoms with E-state index in [1.807, 2.05) is 26.1 Å². The van der Waals surface area contributed by atoms with Gasteiger partial charge in [0.15, 0.2) is 0 Å². The van der Waals surface area contributed by atoms with Gasteiger partial charge in [0, 0.05) is 18.6 Å². The molecule has 15 heavy (non-hydrogen) atoms. The maximum Gasteiger partial charge on any atom is 0.347 e. The van der Waals surface area contributed by atoms with Crippen LogP contribution in [0.5, 0.6) is 0 Å². The van der Waals surface area contributed by atoms with Crippen molar-refractivity contribution < 1.29 is 0 Å². The van der Waals surface area contributed by atoms with E-state index in [2.05, 4.69) is 4.98 Å². The lowest BCUT2D eigenvalue weighted by molar-refractivity contribution is 0.593. The highest BCUT2D eigenvalue weighted by Gasteiger charge is 2.03. The Morgan fingerprint density at radius 1 is 1.47 bits per heavy atom. The summed E-state index contributed by atoms with van der Waals surface area (Å²) in [6, 6.07) is 1.91. The fourth-order valence-electron chi connectivity index (χ4n) is 1.31. The Morgan fingerprint density at radius 2 is 2.20 bits per heavy atom. The van der Waals surface area contributed by atoms with Crippen molar-refractivity contribution in [3.8, 4) is 0 Å². The summed E-state index contributed by atoms with van der Waals surface area (Å²) in [4.78, 5) is 15.6. The van der Waals surface area contributed by atoms with Gasteiger partial charge in [-0.1, -0.05) is 13.8 Å². The van der Waals surface area contributed by atoms with Crippen LogP contribution in [-0.4, -0.2) is 15.4 Å².